The smallest absolute Gasteiger partial charge is 0.229 e. The average Bonchev–Trinajstić information content (AvgIpc) is 2.65. The Bertz CT molecular complexity index is 1060. The monoisotopic (exact) mass is 361 g/mol. The van der Waals surface area contributed by atoms with Gasteiger partial charge in [0.2, 0.25) is 12.3 Å². The van der Waals surface area contributed by atoms with E-state index in [1.807, 2.05) is 25.1 Å². The zero-order valence-electron chi connectivity index (χ0n) is 14.5. The molecule has 4 rings (SSSR count). The summed E-state index contributed by atoms with van der Waals surface area (Å²) in [6.07, 6.45) is 1.56. The standard InChI is InChI=1S/C21H15NO5/c1-12-5-4-6-13(9-12)17-10-14(11-22(25)26)18-19(23)15-7-2-3-8-16(15)20(24)21(18)27-17/h2-10,14H,11H2,1H3/t14-/m0/s1. The Balaban J connectivity index is 1.85. The minimum absolute atomic E-state index is 0.0619. The highest BCUT2D eigenvalue weighted by Gasteiger charge is 2.41. The number of hydrogen-bond donors (Lipinski definition) is 0. The fourth-order valence-corrected chi connectivity index (χ4v) is 3.48. The normalized spacial score (nSPS) is 18.4. The van der Waals surface area contributed by atoms with Gasteiger partial charge < -0.3 is 4.74 Å². The number of nitrogens with zero attached hydrogens (tertiary/aromatic N) is 1. The summed E-state index contributed by atoms with van der Waals surface area (Å²) in [5, 5.41) is 11.2. The Morgan fingerprint density at radius 2 is 1.74 bits per heavy atom. The number of benzene rings is 2. The summed E-state index contributed by atoms with van der Waals surface area (Å²) in [4.78, 5) is 36.6. The minimum atomic E-state index is -0.830. The van der Waals surface area contributed by atoms with Crippen LogP contribution in [-0.2, 0) is 4.74 Å². The lowest BCUT2D eigenvalue weighted by atomic mass is 9.80. The highest BCUT2D eigenvalue weighted by atomic mass is 16.6. The lowest BCUT2D eigenvalue weighted by molar-refractivity contribution is -0.484. The van der Waals surface area contributed by atoms with E-state index in [1.165, 1.54) is 0 Å². The Kier molecular flexibility index (Phi) is 3.96. The van der Waals surface area contributed by atoms with Gasteiger partial charge in [-0.15, -0.1) is 0 Å². The molecule has 2 aliphatic rings. The van der Waals surface area contributed by atoms with Gasteiger partial charge in [-0.2, -0.15) is 0 Å². The van der Waals surface area contributed by atoms with Crippen LogP contribution in [0.5, 0.6) is 0 Å². The van der Waals surface area contributed by atoms with Gasteiger partial charge in [-0.05, 0) is 19.1 Å². The topological polar surface area (TPSA) is 86.5 Å². The van der Waals surface area contributed by atoms with E-state index in [1.54, 1.807) is 36.4 Å². The van der Waals surface area contributed by atoms with Crippen LogP contribution < -0.4 is 0 Å². The van der Waals surface area contributed by atoms with Crippen LogP contribution in [-0.4, -0.2) is 23.0 Å². The number of ether oxygens (including phenoxy) is 1. The molecule has 134 valence electrons. The van der Waals surface area contributed by atoms with Crippen molar-refractivity contribution >= 4 is 17.3 Å². The maximum absolute atomic E-state index is 12.9. The van der Waals surface area contributed by atoms with Crippen molar-refractivity contribution < 1.29 is 19.2 Å². The first-order valence-corrected chi connectivity index (χ1v) is 8.47. The second-order valence-electron chi connectivity index (χ2n) is 6.57. The summed E-state index contributed by atoms with van der Waals surface area (Å²) in [5.41, 5.74) is 2.26. The number of carbonyl (C=O) groups is 2. The first-order valence-electron chi connectivity index (χ1n) is 8.47. The van der Waals surface area contributed by atoms with E-state index in [9.17, 15) is 19.7 Å². The van der Waals surface area contributed by atoms with E-state index in [0.29, 0.717) is 11.3 Å². The number of Topliss-reactive ketones (excluding diaryl/α,β-unsaturated/α-hetero) is 2. The number of fused-ring (bicyclic) bond motifs is 1. The fourth-order valence-electron chi connectivity index (χ4n) is 3.48. The van der Waals surface area contributed by atoms with Gasteiger partial charge in [0.05, 0.1) is 11.5 Å². The zero-order chi connectivity index (χ0) is 19.1. The summed E-state index contributed by atoms with van der Waals surface area (Å²) in [5.74, 6) is -1.41. The second kappa shape index (κ2) is 6.32. The maximum atomic E-state index is 12.9. The molecule has 0 fully saturated rings. The SMILES string of the molecule is Cc1cccc(C2=C[C@@H](C[N+](=O)[O-])C3=C(O2)C(=O)c2ccccc2C3=O)c1. The molecular weight excluding hydrogens is 346 g/mol. The predicted octanol–water partition coefficient (Wildman–Crippen LogP) is 3.59. The van der Waals surface area contributed by atoms with Gasteiger partial charge in [-0.3, -0.25) is 19.7 Å². The number of aryl methyl sites for hydroxylation is 1. The lowest BCUT2D eigenvalue weighted by Gasteiger charge is -2.28. The van der Waals surface area contributed by atoms with Gasteiger partial charge in [0.25, 0.3) is 0 Å². The summed E-state index contributed by atoms with van der Waals surface area (Å²) in [7, 11) is 0. The van der Waals surface area contributed by atoms with E-state index < -0.39 is 29.0 Å². The first-order chi connectivity index (χ1) is 13.0. The number of nitro groups is 1. The van der Waals surface area contributed by atoms with Gasteiger partial charge in [0.1, 0.15) is 5.76 Å². The van der Waals surface area contributed by atoms with Crippen molar-refractivity contribution in [1.82, 2.24) is 0 Å². The van der Waals surface area contributed by atoms with Gasteiger partial charge in [0.15, 0.2) is 11.5 Å². The van der Waals surface area contributed by atoms with Gasteiger partial charge in [-0.25, -0.2) is 0 Å². The fraction of sp³-hybridized carbons (Fsp3) is 0.143. The molecule has 27 heavy (non-hydrogen) atoms. The second-order valence-corrected chi connectivity index (χ2v) is 6.57. The molecule has 0 saturated heterocycles. The molecule has 2 aromatic carbocycles. The number of carbonyl (C=O) groups excluding carboxylic acids is 2. The van der Waals surface area contributed by atoms with Crippen LogP contribution in [0.25, 0.3) is 5.76 Å². The van der Waals surface area contributed by atoms with Gasteiger partial charge in [-0.1, -0.05) is 48.0 Å². The number of ketones is 2. The maximum Gasteiger partial charge on any atom is 0.229 e. The lowest BCUT2D eigenvalue weighted by Crippen LogP contribution is -2.32. The van der Waals surface area contributed by atoms with Crippen molar-refractivity contribution in [2.45, 2.75) is 6.92 Å². The molecule has 6 nitrogen and oxygen atoms in total. The van der Waals surface area contributed by atoms with Crippen molar-refractivity contribution in [3.8, 4) is 0 Å². The summed E-state index contributed by atoms with van der Waals surface area (Å²) in [6.45, 7) is 1.43. The molecule has 0 radical (unpaired) electrons. The molecule has 0 aromatic heterocycles. The Labute approximate surface area is 154 Å². The molecule has 1 atom stereocenters. The van der Waals surface area contributed by atoms with Crippen LogP contribution in [0.2, 0.25) is 0 Å². The van der Waals surface area contributed by atoms with E-state index in [4.69, 9.17) is 4.74 Å². The van der Waals surface area contributed by atoms with Crippen LogP contribution in [0.15, 0.2) is 65.9 Å². The molecule has 0 amide bonds. The van der Waals surface area contributed by atoms with Crippen molar-refractivity contribution in [3.63, 3.8) is 0 Å². The van der Waals surface area contributed by atoms with Crippen molar-refractivity contribution in [2.24, 2.45) is 5.92 Å². The average molecular weight is 361 g/mol. The minimum Gasteiger partial charge on any atom is -0.452 e. The van der Waals surface area contributed by atoms with Crippen molar-refractivity contribution in [1.29, 1.82) is 0 Å². The predicted molar refractivity (Wildman–Crippen MR) is 97.7 cm³/mol. The highest BCUT2D eigenvalue weighted by Crippen LogP contribution is 2.39. The molecule has 2 aromatic rings. The first kappa shape index (κ1) is 16.9. The van der Waals surface area contributed by atoms with Crippen molar-refractivity contribution in [2.75, 3.05) is 6.54 Å². The summed E-state index contributed by atoms with van der Waals surface area (Å²) < 4.78 is 5.83. The number of rotatable bonds is 3. The molecule has 1 aliphatic heterocycles. The third kappa shape index (κ3) is 2.85. The third-order valence-electron chi connectivity index (χ3n) is 4.70. The number of allylic oxidation sites excluding steroid dienone is 1. The highest BCUT2D eigenvalue weighted by molar-refractivity contribution is 6.27. The summed E-state index contributed by atoms with van der Waals surface area (Å²) >= 11 is 0. The van der Waals surface area contributed by atoms with Crippen LogP contribution in [0.4, 0.5) is 0 Å². The quantitative estimate of drug-likeness (QED) is 0.616. The molecule has 0 saturated carbocycles. The molecule has 0 N–H and O–H groups in total. The molecule has 1 aliphatic carbocycles. The molecule has 6 heteroatoms. The Morgan fingerprint density at radius 3 is 2.41 bits per heavy atom. The molecule has 0 bridgehead atoms. The van der Waals surface area contributed by atoms with Crippen molar-refractivity contribution in [3.05, 3.63) is 98.3 Å². The molecular formula is C21H15NO5. The Hall–Kier alpha value is -3.54. The summed E-state index contributed by atoms with van der Waals surface area (Å²) in [6, 6.07) is 13.9. The molecule has 1 heterocycles. The molecule has 0 spiro atoms. The van der Waals surface area contributed by atoms with E-state index >= 15 is 0 Å². The number of hydrogen-bond acceptors (Lipinski definition) is 5. The van der Waals surface area contributed by atoms with Crippen LogP contribution in [0.1, 0.15) is 31.8 Å². The zero-order valence-corrected chi connectivity index (χ0v) is 14.5. The van der Waals surface area contributed by atoms with Gasteiger partial charge >= 0.3 is 0 Å². The van der Waals surface area contributed by atoms with Gasteiger partial charge in [0, 0.05) is 21.6 Å². The van der Waals surface area contributed by atoms with Crippen LogP contribution in [0.3, 0.4) is 0 Å². The van der Waals surface area contributed by atoms with E-state index in [2.05, 4.69) is 0 Å². The van der Waals surface area contributed by atoms with Crippen LogP contribution >= 0.6 is 0 Å². The van der Waals surface area contributed by atoms with E-state index in [0.717, 1.165) is 5.56 Å². The van der Waals surface area contributed by atoms with Crippen LogP contribution in [0, 0.1) is 23.0 Å². The Morgan fingerprint density at radius 1 is 1.04 bits per heavy atom. The molecule has 0 unspecified atom stereocenters. The largest absolute Gasteiger partial charge is 0.452 e. The third-order valence-corrected chi connectivity index (χ3v) is 4.70. The van der Waals surface area contributed by atoms with E-state index in [-0.39, 0.29) is 22.5 Å².